The van der Waals surface area contributed by atoms with Crippen LogP contribution < -0.4 is 0 Å². The van der Waals surface area contributed by atoms with Crippen LogP contribution in [0.2, 0.25) is 0 Å². The molecule has 1 rings (SSSR count). The maximum absolute atomic E-state index is 5.35. The fourth-order valence-electron chi connectivity index (χ4n) is 1.53. The second-order valence-corrected chi connectivity index (χ2v) is 3.57. The van der Waals surface area contributed by atoms with E-state index in [-0.39, 0.29) is 0 Å². The molecule has 60 valence electrons. The summed E-state index contributed by atoms with van der Waals surface area (Å²) >= 11 is 0. The molecule has 0 saturated carbocycles. The van der Waals surface area contributed by atoms with Crippen LogP contribution in [0, 0.1) is 24.2 Å². The maximum atomic E-state index is 5.35. The van der Waals surface area contributed by atoms with Crippen LogP contribution in [-0.2, 0) is 0 Å². The molecule has 0 amide bonds. The van der Waals surface area contributed by atoms with Gasteiger partial charge in [-0.15, -0.1) is 12.3 Å². The van der Waals surface area contributed by atoms with E-state index >= 15 is 0 Å². The molecule has 0 heteroatoms. The van der Waals surface area contributed by atoms with Crippen molar-refractivity contribution in [3.05, 3.63) is 11.6 Å². The van der Waals surface area contributed by atoms with Gasteiger partial charge < -0.3 is 0 Å². The zero-order chi connectivity index (χ0) is 8.27. The van der Waals surface area contributed by atoms with Crippen LogP contribution in [0.15, 0.2) is 11.6 Å². The van der Waals surface area contributed by atoms with Crippen molar-refractivity contribution < 1.29 is 0 Å². The van der Waals surface area contributed by atoms with Crippen molar-refractivity contribution >= 4 is 0 Å². The Hall–Kier alpha value is -0.700. The molecule has 1 aliphatic carbocycles. The van der Waals surface area contributed by atoms with Crippen molar-refractivity contribution in [2.75, 3.05) is 0 Å². The highest BCUT2D eigenvalue weighted by molar-refractivity contribution is 5.12. The average molecular weight is 148 g/mol. The molecule has 0 saturated heterocycles. The molecule has 0 N–H and O–H groups in total. The monoisotopic (exact) mass is 148 g/mol. The van der Waals surface area contributed by atoms with Gasteiger partial charge in [0.05, 0.1) is 0 Å². The maximum Gasteiger partial charge on any atom is 0.0237 e. The summed E-state index contributed by atoms with van der Waals surface area (Å²) in [4.78, 5) is 0. The summed E-state index contributed by atoms with van der Waals surface area (Å²) in [5.41, 5.74) is 1.59. The van der Waals surface area contributed by atoms with E-state index in [2.05, 4.69) is 25.8 Å². The molecule has 0 spiro atoms. The second-order valence-electron chi connectivity index (χ2n) is 3.57. The van der Waals surface area contributed by atoms with E-state index in [0.29, 0.717) is 11.8 Å². The molecule has 1 unspecified atom stereocenters. The Morgan fingerprint density at radius 2 is 2.36 bits per heavy atom. The third-order valence-electron chi connectivity index (χ3n) is 2.42. The van der Waals surface area contributed by atoms with Crippen molar-refractivity contribution in [3.63, 3.8) is 0 Å². The van der Waals surface area contributed by atoms with Gasteiger partial charge in [-0.25, -0.2) is 0 Å². The lowest BCUT2D eigenvalue weighted by atomic mass is 9.86. The number of allylic oxidation sites excluding steroid dienone is 2. The predicted octanol–water partition coefficient (Wildman–Crippen LogP) is 3.00. The first kappa shape index (κ1) is 8.40. The zero-order valence-corrected chi connectivity index (χ0v) is 7.43. The standard InChI is InChI=1S/C11H16/c1-4-10-5-7-11(8-6-10)9(2)3/h1,7,9-10H,5-6,8H2,2-3H3. The summed E-state index contributed by atoms with van der Waals surface area (Å²) < 4.78 is 0. The first-order chi connectivity index (χ1) is 5.24. The topological polar surface area (TPSA) is 0 Å². The minimum Gasteiger partial charge on any atom is -0.120 e. The minimum absolute atomic E-state index is 0.512. The predicted molar refractivity (Wildman–Crippen MR) is 49.1 cm³/mol. The smallest absolute Gasteiger partial charge is 0.0237 e. The first-order valence-electron chi connectivity index (χ1n) is 4.39. The molecule has 0 bridgehead atoms. The Kier molecular flexibility index (Phi) is 2.76. The summed E-state index contributed by atoms with van der Waals surface area (Å²) in [5, 5.41) is 0. The summed E-state index contributed by atoms with van der Waals surface area (Å²) in [6, 6.07) is 0. The third-order valence-corrected chi connectivity index (χ3v) is 2.42. The van der Waals surface area contributed by atoms with Gasteiger partial charge in [-0.1, -0.05) is 25.5 Å². The SMILES string of the molecule is C#CC1CC=C(C(C)C)CC1. The van der Waals surface area contributed by atoms with Gasteiger partial charge in [0.25, 0.3) is 0 Å². The van der Waals surface area contributed by atoms with Gasteiger partial charge in [-0.2, -0.15) is 0 Å². The van der Waals surface area contributed by atoms with Crippen molar-refractivity contribution in [1.29, 1.82) is 0 Å². The second kappa shape index (κ2) is 3.62. The van der Waals surface area contributed by atoms with E-state index in [9.17, 15) is 0 Å². The molecule has 0 heterocycles. The number of hydrogen-bond donors (Lipinski definition) is 0. The van der Waals surface area contributed by atoms with Crippen molar-refractivity contribution in [2.45, 2.75) is 33.1 Å². The molecular formula is C11H16. The Morgan fingerprint density at radius 3 is 2.73 bits per heavy atom. The Bertz CT molecular complexity index is 191. The quantitative estimate of drug-likeness (QED) is 0.396. The minimum atomic E-state index is 0.512. The first-order valence-corrected chi connectivity index (χ1v) is 4.39. The van der Waals surface area contributed by atoms with Crippen molar-refractivity contribution in [3.8, 4) is 12.3 Å². The molecule has 0 radical (unpaired) electrons. The van der Waals surface area contributed by atoms with Crippen LogP contribution in [0.25, 0.3) is 0 Å². The number of hydrogen-bond acceptors (Lipinski definition) is 0. The Labute approximate surface area is 69.7 Å². The molecule has 0 fully saturated rings. The summed E-state index contributed by atoms with van der Waals surface area (Å²) in [5.74, 6) is 4.05. The molecular weight excluding hydrogens is 132 g/mol. The molecule has 0 nitrogen and oxygen atoms in total. The van der Waals surface area contributed by atoms with Gasteiger partial charge in [-0.3, -0.25) is 0 Å². The van der Waals surface area contributed by atoms with E-state index < -0.39 is 0 Å². The molecule has 0 aliphatic heterocycles. The van der Waals surface area contributed by atoms with E-state index in [0.717, 1.165) is 6.42 Å². The van der Waals surface area contributed by atoms with Crippen LogP contribution >= 0.6 is 0 Å². The van der Waals surface area contributed by atoms with Crippen LogP contribution in [0.3, 0.4) is 0 Å². The van der Waals surface area contributed by atoms with Crippen LogP contribution in [0.1, 0.15) is 33.1 Å². The summed E-state index contributed by atoms with van der Waals surface area (Å²) in [6.07, 6.45) is 11.2. The third kappa shape index (κ3) is 2.12. The highest BCUT2D eigenvalue weighted by atomic mass is 14.2. The average Bonchev–Trinajstić information content (AvgIpc) is 2.05. The fourth-order valence-corrected chi connectivity index (χ4v) is 1.53. The van der Waals surface area contributed by atoms with E-state index in [4.69, 9.17) is 6.42 Å². The molecule has 1 aliphatic rings. The van der Waals surface area contributed by atoms with Crippen LogP contribution in [0.5, 0.6) is 0 Å². The van der Waals surface area contributed by atoms with Gasteiger partial charge in [0.15, 0.2) is 0 Å². The zero-order valence-electron chi connectivity index (χ0n) is 7.43. The lowest BCUT2D eigenvalue weighted by Crippen LogP contribution is -2.06. The van der Waals surface area contributed by atoms with Gasteiger partial charge in [0, 0.05) is 5.92 Å². The van der Waals surface area contributed by atoms with Gasteiger partial charge in [0.2, 0.25) is 0 Å². The Balaban J connectivity index is 2.52. The molecule has 1 atom stereocenters. The normalized spacial score (nSPS) is 24.5. The fraction of sp³-hybridized carbons (Fsp3) is 0.636. The van der Waals surface area contributed by atoms with Crippen LogP contribution in [0.4, 0.5) is 0 Å². The van der Waals surface area contributed by atoms with Crippen molar-refractivity contribution in [1.82, 2.24) is 0 Å². The highest BCUT2D eigenvalue weighted by Gasteiger charge is 2.13. The molecule has 11 heavy (non-hydrogen) atoms. The van der Waals surface area contributed by atoms with Crippen molar-refractivity contribution in [2.24, 2.45) is 11.8 Å². The summed E-state index contributed by atoms with van der Waals surface area (Å²) in [7, 11) is 0. The highest BCUT2D eigenvalue weighted by Crippen LogP contribution is 2.27. The van der Waals surface area contributed by atoms with Crippen LogP contribution in [-0.4, -0.2) is 0 Å². The van der Waals surface area contributed by atoms with Gasteiger partial charge in [0.1, 0.15) is 0 Å². The number of rotatable bonds is 1. The largest absolute Gasteiger partial charge is 0.120 e. The summed E-state index contributed by atoms with van der Waals surface area (Å²) in [6.45, 7) is 4.50. The van der Waals surface area contributed by atoms with E-state index in [1.807, 2.05) is 0 Å². The lowest BCUT2D eigenvalue weighted by molar-refractivity contribution is 0.546. The molecule has 0 aromatic heterocycles. The van der Waals surface area contributed by atoms with Gasteiger partial charge >= 0.3 is 0 Å². The van der Waals surface area contributed by atoms with Gasteiger partial charge in [-0.05, 0) is 25.2 Å². The number of terminal acetylenes is 1. The molecule has 0 aromatic carbocycles. The lowest BCUT2D eigenvalue weighted by Gasteiger charge is -2.19. The van der Waals surface area contributed by atoms with E-state index in [1.165, 1.54) is 12.8 Å². The Morgan fingerprint density at radius 1 is 1.64 bits per heavy atom. The van der Waals surface area contributed by atoms with E-state index in [1.54, 1.807) is 5.57 Å². The molecule has 0 aromatic rings.